The van der Waals surface area contributed by atoms with Gasteiger partial charge in [-0.3, -0.25) is 4.99 Å². The normalized spacial score (nSPS) is 18.7. The molecule has 0 amide bonds. The Bertz CT molecular complexity index is 815. The van der Waals surface area contributed by atoms with Crippen LogP contribution in [0.15, 0.2) is 41.4 Å². The van der Waals surface area contributed by atoms with Crippen molar-refractivity contribution in [1.82, 2.24) is 0 Å². The van der Waals surface area contributed by atoms with Gasteiger partial charge in [-0.05, 0) is 48.2 Å². The second-order valence-electron chi connectivity index (χ2n) is 5.54. The smallest absolute Gasteiger partial charge is 0.335 e. The van der Waals surface area contributed by atoms with Crippen molar-refractivity contribution in [2.45, 2.75) is 18.8 Å². The molecule has 23 heavy (non-hydrogen) atoms. The highest BCUT2D eigenvalue weighted by Crippen LogP contribution is 2.39. The molecule has 0 aliphatic heterocycles. The number of nitrogens with zero attached hydrogens (tertiary/aromatic N) is 1. The lowest BCUT2D eigenvalue weighted by Crippen LogP contribution is -2.18. The Balaban J connectivity index is 2.12. The molecule has 1 aliphatic rings. The molecule has 118 valence electrons. The summed E-state index contributed by atoms with van der Waals surface area (Å²) in [7, 11) is 1.74. The van der Waals surface area contributed by atoms with Gasteiger partial charge in [0.15, 0.2) is 0 Å². The number of aromatic carboxylic acids is 1. The third-order valence-corrected chi connectivity index (χ3v) is 5.01. The highest BCUT2D eigenvalue weighted by Gasteiger charge is 2.26. The van der Waals surface area contributed by atoms with Crippen LogP contribution >= 0.6 is 23.2 Å². The van der Waals surface area contributed by atoms with E-state index in [0.717, 1.165) is 35.2 Å². The zero-order valence-electron chi connectivity index (χ0n) is 12.5. The van der Waals surface area contributed by atoms with E-state index in [2.05, 4.69) is 4.99 Å². The topological polar surface area (TPSA) is 49.7 Å². The predicted molar refractivity (Wildman–Crippen MR) is 93.4 cm³/mol. The molecule has 1 atom stereocenters. The second-order valence-corrected chi connectivity index (χ2v) is 6.36. The molecule has 0 saturated carbocycles. The molecule has 0 bridgehead atoms. The first-order valence-corrected chi connectivity index (χ1v) is 8.05. The lowest BCUT2D eigenvalue weighted by Gasteiger charge is -2.27. The maximum absolute atomic E-state index is 11.2. The van der Waals surface area contributed by atoms with Gasteiger partial charge in [-0.25, -0.2) is 4.79 Å². The number of carbonyl (C=O) groups is 1. The Morgan fingerprint density at radius 2 is 1.96 bits per heavy atom. The summed E-state index contributed by atoms with van der Waals surface area (Å²) in [6.07, 6.45) is 1.71. The molecule has 1 N–H and O–H groups in total. The lowest BCUT2D eigenvalue weighted by molar-refractivity contribution is 0.0697. The Labute approximate surface area is 144 Å². The minimum atomic E-state index is -0.931. The molecule has 0 aromatic heterocycles. The predicted octanol–water partition coefficient (Wildman–Crippen LogP) is 5.04. The number of aliphatic imine (C=N–C) groups is 1. The molecular weight excluding hydrogens is 333 g/mol. The summed E-state index contributed by atoms with van der Waals surface area (Å²) < 4.78 is 0. The van der Waals surface area contributed by atoms with E-state index in [1.807, 2.05) is 18.2 Å². The standard InChI is InChI=1S/C18H15Cl2NO2/c1-21-17-7-5-12(10-3-6-15(19)16(20)9-10)13-4-2-11(18(22)23)8-14(13)17/h2-4,6,8-9,12H,5,7H2,1H3,(H,22,23). The molecular formula is C18H15Cl2NO2. The fraction of sp³-hybridized carbons (Fsp3) is 0.222. The average molecular weight is 348 g/mol. The van der Waals surface area contributed by atoms with Gasteiger partial charge in [-0.2, -0.15) is 0 Å². The largest absolute Gasteiger partial charge is 0.478 e. The minimum Gasteiger partial charge on any atom is -0.478 e. The van der Waals surface area contributed by atoms with Crippen LogP contribution in [-0.4, -0.2) is 23.8 Å². The van der Waals surface area contributed by atoms with Crippen molar-refractivity contribution in [2.24, 2.45) is 4.99 Å². The van der Waals surface area contributed by atoms with E-state index in [4.69, 9.17) is 23.2 Å². The number of carboxylic acids is 1. The van der Waals surface area contributed by atoms with Crippen molar-refractivity contribution in [3.8, 4) is 0 Å². The number of hydrogen-bond acceptors (Lipinski definition) is 2. The quantitative estimate of drug-likeness (QED) is 0.827. The van der Waals surface area contributed by atoms with Crippen molar-refractivity contribution in [3.63, 3.8) is 0 Å². The third kappa shape index (κ3) is 2.99. The number of halogens is 2. The summed E-state index contributed by atoms with van der Waals surface area (Å²) in [4.78, 5) is 15.6. The molecule has 3 rings (SSSR count). The molecule has 1 unspecified atom stereocenters. The Kier molecular flexibility index (Phi) is 4.42. The number of carboxylic acid groups (broad SMARTS) is 1. The van der Waals surface area contributed by atoms with E-state index in [1.165, 1.54) is 0 Å². The lowest BCUT2D eigenvalue weighted by atomic mass is 9.77. The fourth-order valence-electron chi connectivity index (χ4n) is 3.12. The van der Waals surface area contributed by atoms with Gasteiger partial charge in [0.2, 0.25) is 0 Å². The summed E-state index contributed by atoms with van der Waals surface area (Å²) in [6.45, 7) is 0. The molecule has 0 radical (unpaired) electrons. The van der Waals surface area contributed by atoms with Crippen molar-refractivity contribution in [2.75, 3.05) is 7.05 Å². The highest BCUT2D eigenvalue weighted by atomic mass is 35.5. The van der Waals surface area contributed by atoms with E-state index in [0.29, 0.717) is 10.0 Å². The molecule has 2 aromatic rings. The summed E-state index contributed by atoms with van der Waals surface area (Å²) in [5.74, 6) is -0.770. The van der Waals surface area contributed by atoms with Crippen LogP contribution in [0.25, 0.3) is 0 Å². The monoisotopic (exact) mass is 347 g/mol. The number of hydrogen-bond donors (Lipinski definition) is 1. The molecule has 0 saturated heterocycles. The molecule has 1 aliphatic carbocycles. The summed E-state index contributed by atoms with van der Waals surface area (Å²) in [5.41, 5.74) is 4.30. The van der Waals surface area contributed by atoms with Gasteiger partial charge < -0.3 is 5.11 Å². The summed E-state index contributed by atoms with van der Waals surface area (Å²) >= 11 is 12.2. The Morgan fingerprint density at radius 1 is 1.17 bits per heavy atom. The first kappa shape index (κ1) is 16.0. The SMILES string of the molecule is CN=C1CCC(c2ccc(Cl)c(Cl)c2)c2ccc(C(=O)O)cc21. The molecule has 3 nitrogen and oxygen atoms in total. The van der Waals surface area contributed by atoms with Crippen LogP contribution in [0.3, 0.4) is 0 Å². The first-order valence-electron chi connectivity index (χ1n) is 7.29. The third-order valence-electron chi connectivity index (χ3n) is 4.27. The summed E-state index contributed by atoms with van der Waals surface area (Å²) in [5, 5.41) is 10.3. The maximum atomic E-state index is 11.2. The molecule has 0 spiro atoms. The van der Waals surface area contributed by atoms with Gasteiger partial charge >= 0.3 is 5.97 Å². The summed E-state index contributed by atoms with van der Waals surface area (Å²) in [6, 6.07) is 10.9. The molecule has 5 heteroatoms. The van der Waals surface area contributed by atoms with E-state index in [-0.39, 0.29) is 11.5 Å². The van der Waals surface area contributed by atoms with Gasteiger partial charge in [0.1, 0.15) is 0 Å². The van der Waals surface area contributed by atoms with Crippen LogP contribution in [0.4, 0.5) is 0 Å². The molecule has 0 heterocycles. The Hall–Kier alpha value is -1.84. The van der Waals surface area contributed by atoms with E-state index >= 15 is 0 Å². The maximum Gasteiger partial charge on any atom is 0.335 e. The Morgan fingerprint density at radius 3 is 2.61 bits per heavy atom. The zero-order valence-corrected chi connectivity index (χ0v) is 14.0. The minimum absolute atomic E-state index is 0.160. The average Bonchev–Trinajstić information content (AvgIpc) is 2.55. The fourth-order valence-corrected chi connectivity index (χ4v) is 3.43. The molecule has 0 fully saturated rings. The van der Waals surface area contributed by atoms with Gasteiger partial charge in [0, 0.05) is 24.2 Å². The zero-order chi connectivity index (χ0) is 16.6. The van der Waals surface area contributed by atoms with Crippen LogP contribution < -0.4 is 0 Å². The van der Waals surface area contributed by atoms with Crippen LogP contribution in [0.1, 0.15) is 45.8 Å². The van der Waals surface area contributed by atoms with Gasteiger partial charge in [-0.1, -0.05) is 35.3 Å². The van der Waals surface area contributed by atoms with Crippen molar-refractivity contribution in [1.29, 1.82) is 0 Å². The number of benzene rings is 2. The van der Waals surface area contributed by atoms with Gasteiger partial charge in [0.05, 0.1) is 15.6 Å². The molecule has 2 aromatic carbocycles. The van der Waals surface area contributed by atoms with Crippen LogP contribution in [0.5, 0.6) is 0 Å². The van der Waals surface area contributed by atoms with E-state index in [1.54, 1.807) is 25.2 Å². The van der Waals surface area contributed by atoms with Crippen molar-refractivity contribution >= 4 is 34.9 Å². The van der Waals surface area contributed by atoms with Crippen LogP contribution in [0, 0.1) is 0 Å². The van der Waals surface area contributed by atoms with Gasteiger partial charge in [0.25, 0.3) is 0 Å². The highest BCUT2D eigenvalue weighted by molar-refractivity contribution is 6.42. The van der Waals surface area contributed by atoms with Gasteiger partial charge in [-0.15, -0.1) is 0 Å². The van der Waals surface area contributed by atoms with Crippen LogP contribution in [-0.2, 0) is 0 Å². The van der Waals surface area contributed by atoms with Crippen LogP contribution in [0.2, 0.25) is 10.0 Å². The first-order chi connectivity index (χ1) is 11.0. The number of rotatable bonds is 2. The van der Waals surface area contributed by atoms with E-state index < -0.39 is 5.97 Å². The van der Waals surface area contributed by atoms with Crippen molar-refractivity contribution in [3.05, 3.63) is 68.7 Å². The second kappa shape index (κ2) is 6.34. The van der Waals surface area contributed by atoms with Crippen molar-refractivity contribution < 1.29 is 9.90 Å². The van der Waals surface area contributed by atoms with E-state index in [9.17, 15) is 9.90 Å². The number of fused-ring (bicyclic) bond motifs is 1.